The Morgan fingerprint density at radius 2 is 2.06 bits per heavy atom. The van der Waals surface area contributed by atoms with Gasteiger partial charge in [0.1, 0.15) is 0 Å². The Balaban J connectivity index is 1.53. The molecule has 1 aliphatic heterocycles. The molecule has 32 heavy (non-hydrogen) atoms. The van der Waals surface area contributed by atoms with Crippen LogP contribution in [-0.2, 0) is 9.53 Å². The van der Waals surface area contributed by atoms with Gasteiger partial charge in [-0.3, -0.25) is 9.69 Å². The number of methoxy groups -OCH3 is 1. The number of piperidine rings is 1. The number of carbonyl (C=O) groups excluding carboxylic acids is 1. The minimum absolute atomic E-state index is 0.0234. The third kappa shape index (κ3) is 3.66. The summed E-state index contributed by atoms with van der Waals surface area (Å²) in [7, 11) is 1.42. The first kappa shape index (κ1) is 21.0. The van der Waals surface area contributed by atoms with E-state index in [4.69, 9.17) is 20.8 Å². The molecular formula is C22H21ClN4O4S. The number of fused-ring (bicyclic) bond motifs is 1. The monoisotopic (exact) mass is 472 g/mol. The number of benzene rings is 1. The fourth-order valence-electron chi connectivity index (χ4n) is 4.20. The first-order valence-corrected chi connectivity index (χ1v) is 11.4. The summed E-state index contributed by atoms with van der Waals surface area (Å²) in [4.78, 5) is 20.0. The number of thiazole rings is 1. The molecule has 5 rings (SSSR count). The lowest BCUT2D eigenvalue weighted by atomic mass is 9.93. The fraction of sp³-hybridized carbons (Fsp3) is 0.318. The van der Waals surface area contributed by atoms with Crippen LogP contribution in [0.2, 0.25) is 5.02 Å². The summed E-state index contributed by atoms with van der Waals surface area (Å²) in [5.74, 6) is 0.682. The Kier molecular flexibility index (Phi) is 5.62. The smallest absolute Gasteiger partial charge is 0.308 e. The molecule has 0 bridgehead atoms. The Labute approximate surface area is 193 Å². The van der Waals surface area contributed by atoms with Crippen molar-refractivity contribution in [2.24, 2.45) is 5.92 Å². The minimum atomic E-state index is -0.289. The lowest BCUT2D eigenvalue weighted by Gasteiger charge is -2.36. The summed E-state index contributed by atoms with van der Waals surface area (Å²) in [5.41, 5.74) is 0.886. The van der Waals surface area contributed by atoms with E-state index in [9.17, 15) is 9.90 Å². The minimum Gasteiger partial charge on any atom is -0.492 e. The van der Waals surface area contributed by atoms with Crippen LogP contribution in [0.5, 0.6) is 5.88 Å². The molecule has 1 N–H and O–H groups in total. The lowest BCUT2D eigenvalue weighted by molar-refractivity contribution is -0.147. The molecule has 1 atom stereocenters. The molecule has 1 aromatic carbocycles. The van der Waals surface area contributed by atoms with Crippen molar-refractivity contribution in [2.75, 3.05) is 20.2 Å². The van der Waals surface area contributed by atoms with Gasteiger partial charge < -0.3 is 14.3 Å². The number of likely N-dealkylation sites (tertiary alicyclic amines) is 1. The summed E-state index contributed by atoms with van der Waals surface area (Å²) in [6, 6.07) is 10.9. The van der Waals surface area contributed by atoms with Gasteiger partial charge in [0, 0.05) is 5.02 Å². The molecule has 1 saturated heterocycles. The Bertz CT molecular complexity index is 1240. The Hall–Kier alpha value is -2.88. The molecule has 0 amide bonds. The van der Waals surface area contributed by atoms with Gasteiger partial charge in [0.15, 0.2) is 5.76 Å². The Morgan fingerprint density at radius 3 is 2.72 bits per heavy atom. The van der Waals surface area contributed by atoms with Crippen LogP contribution < -0.4 is 0 Å². The second-order valence-corrected chi connectivity index (χ2v) is 9.07. The fourth-order valence-corrected chi connectivity index (χ4v) is 5.55. The molecule has 0 saturated carbocycles. The normalized spacial score (nSPS) is 16.4. The van der Waals surface area contributed by atoms with Crippen LogP contribution in [-0.4, -0.2) is 50.8 Å². The second-order valence-electron chi connectivity index (χ2n) is 7.65. The number of ether oxygens (including phenoxy) is 1. The Morgan fingerprint density at radius 1 is 1.28 bits per heavy atom. The van der Waals surface area contributed by atoms with Crippen molar-refractivity contribution in [3.8, 4) is 17.5 Å². The average Bonchev–Trinajstić information content (AvgIpc) is 3.54. The van der Waals surface area contributed by atoms with Gasteiger partial charge >= 0.3 is 5.97 Å². The molecule has 0 radical (unpaired) electrons. The SMILES string of the molecule is COC(=O)C1CCN([C@H](c2ccccc2Cl)c2sc3nc(-c4ccco4)nn3c2O)CC1. The molecule has 0 spiro atoms. The molecule has 166 valence electrons. The van der Waals surface area contributed by atoms with Crippen LogP contribution in [0.3, 0.4) is 0 Å². The number of esters is 1. The average molecular weight is 473 g/mol. The van der Waals surface area contributed by atoms with E-state index in [2.05, 4.69) is 15.0 Å². The van der Waals surface area contributed by atoms with E-state index in [0.29, 0.717) is 52.4 Å². The third-order valence-corrected chi connectivity index (χ3v) is 7.24. The van der Waals surface area contributed by atoms with Crippen molar-refractivity contribution in [3.05, 3.63) is 58.1 Å². The van der Waals surface area contributed by atoms with E-state index in [-0.39, 0.29) is 23.8 Å². The molecule has 3 aromatic heterocycles. The number of aromatic nitrogens is 3. The van der Waals surface area contributed by atoms with E-state index in [1.807, 2.05) is 24.3 Å². The van der Waals surface area contributed by atoms with Gasteiger partial charge in [0.25, 0.3) is 0 Å². The first-order valence-electron chi connectivity index (χ1n) is 10.3. The van der Waals surface area contributed by atoms with Crippen molar-refractivity contribution in [1.82, 2.24) is 19.5 Å². The maximum Gasteiger partial charge on any atom is 0.308 e. The van der Waals surface area contributed by atoms with E-state index < -0.39 is 0 Å². The quantitative estimate of drug-likeness (QED) is 0.431. The summed E-state index contributed by atoms with van der Waals surface area (Å²) < 4.78 is 11.7. The molecule has 10 heteroatoms. The van der Waals surface area contributed by atoms with E-state index in [1.165, 1.54) is 23.0 Å². The van der Waals surface area contributed by atoms with Crippen LogP contribution in [0.1, 0.15) is 29.3 Å². The van der Waals surface area contributed by atoms with Gasteiger partial charge in [-0.1, -0.05) is 41.1 Å². The largest absolute Gasteiger partial charge is 0.492 e. The van der Waals surface area contributed by atoms with Crippen molar-refractivity contribution in [2.45, 2.75) is 18.9 Å². The summed E-state index contributed by atoms with van der Waals surface area (Å²) in [6.45, 7) is 1.33. The highest BCUT2D eigenvalue weighted by Crippen LogP contribution is 2.43. The third-order valence-electron chi connectivity index (χ3n) is 5.82. The maximum atomic E-state index is 12.0. The molecule has 4 aromatic rings. The number of rotatable bonds is 5. The van der Waals surface area contributed by atoms with Crippen LogP contribution in [0.25, 0.3) is 16.5 Å². The highest BCUT2D eigenvalue weighted by atomic mass is 35.5. The number of hydrogen-bond acceptors (Lipinski definition) is 8. The molecule has 0 unspecified atom stereocenters. The number of halogens is 1. The predicted octanol–water partition coefficient (Wildman–Crippen LogP) is 4.38. The number of hydrogen-bond donors (Lipinski definition) is 1. The van der Waals surface area contributed by atoms with Crippen LogP contribution >= 0.6 is 22.9 Å². The predicted molar refractivity (Wildman–Crippen MR) is 120 cm³/mol. The van der Waals surface area contributed by atoms with Gasteiger partial charge in [-0.25, -0.2) is 0 Å². The van der Waals surface area contributed by atoms with Gasteiger partial charge in [0.05, 0.1) is 30.2 Å². The van der Waals surface area contributed by atoms with Gasteiger partial charge in [-0.05, 0) is 49.7 Å². The maximum absolute atomic E-state index is 12.0. The zero-order chi connectivity index (χ0) is 22.2. The van der Waals surface area contributed by atoms with Crippen molar-refractivity contribution >= 4 is 33.9 Å². The molecule has 1 aliphatic rings. The molecule has 1 fully saturated rings. The summed E-state index contributed by atoms with van der Waals surface area (Å²) in [5, 5.41) is 16.2. The second kappa shape index (κ2) is 8.57. The molecular weight excluding hydrogens is 452 g/mol. The molecule has 4 heterocycles. The summed E-state index contributed by atoms with van der Waals surface area (Å²) in [6.07, 6.45) is 2.91. The highest BCUT2D eigenvalue weighted by Gasteiger charge is 2.35. The van der Waals surface area contributed by atoms with Crippen molar-refractivity contribution < 1.29 is 19.1 Å². The van der Waals surface area contributed by atoms with Crippen LogP contribution in [0.4, 0.5) is 0 Å². The number of aromatic hydroxyl groups is 1. The standard InChI is InChI=1S/C22H21ClN4O4S/c1-30-21(29)13-8-10-26(11-9-13)17(14-5-2-3-6-15(14)23)18-20(28)27-22(32-18)24-19(25-27)16-7-4-12-31-16/h2-7,12-13,17,28H,8-11H2,1H3/t17-/m1/s1. The number of carbonyl (C=O) groups is 1. The lowest BCUT2D eigenvalue weighted by Crippen LogP contribution is -2.39. The van der Waals surface area contributed by atoms with Crippen molar-refractivity contribution in [3.63, 3.8) is 0 Å². The van der Waals surface area contributed by atoms with Crippen molar-refractivity contribution in [1.29, 1.82) is 0 Å². The zero-order valence-electron chi connectivity index (χ0n) is 17.3. The zero-order valence-corrected chi connectivity index (χ0v) is 18.8. The van der Waals surface area contributed by atoms with Gasteiger partial charge in [-0.15, -0.1) is 5.10 Å². The van der Waals surface area contributed by atoms with Crippen LogP contribution in [0.15, 0.2) is 47.1 Å². The van der Waals surface area contributed by atoms with Gasteiger partial charge in [-0.2, -0.15) is 9.50 Å². The van der Waals surface area contributed by atoms with E-state index in [0.717, 1.165) is 5.56 Å². The van der Waals surface area contributed by atoms with Crippen LogP contribution in [0, 0.1) is 5.92 Å². The summed E-state index contributed by atoms with van der Waals surface area (Å²) >= 11 is 7.94. The van der Waals surface area contributed by atoms with Gasteiger partial charge in [0.2, 0.25) is 16.7 Å². The topological polar surface area (TPSA) is 93.1 Å². The number of nitrogens with zero attached hydrogens (tertiary/aromatic N) is 4. The molecule has 8 nitrogen and oxygen atoms in total. The first-order chi connectivity index (χ1) is 15.6. The van der Waals surface area contributed by atoms with E-state index in [1.54, 1.807) is 18.4 Å². The highest BCUT2D eigenvalue weighted by molar-refractivity contribution is 7.17. The number of furan rings is 1. The van der Waals surface area contributed by atoms with E-state index >= 15 is 0 Å². The molecule has 0 aliphatic carbocycles.